The van der Waals surface area contributed by atoms with Crippen molar-refractivity contribution in [3.63, 3.8) is 0 Å². The Morgan fingerprint density at radius 1 is 1.12 bits per heavy atom. The van der Waals surface area contributed by atoms with E-state index in [0.717, 1.165) is 65.8 Å². The van der Waals surface area contributed by atoms with Gasteiger partial charge in [0.15, 0.2) is 0 Å². The van der Waals surface area contributed by atoms with E-state index in [1.165, 1.54) is 0 Å². The van der Waals surface area contributed by atoms with Crippen LogP contribution in [0.3, 0.4) is 0 Å². The van der Waals surface area contributed by atoms with Gasteiger partial charge in [-0.1, -0.05) is 41.4 Å². The summed E-state index contributed by atoms with van der Waals surface area (Å²) in [6.45, 7) is 1.68. The molecule has 0 bridgehead atoms. The molecule has 26 heavy (non-hydrogen) atoms. The van der Waals surface area contributed by atoms with Gasteiger partial charge in [-0.3, -0.25) is 0 Å². The highest BCUT2D eigenvalue weighted by Crippen LogP contribution is 2.37. The first-order chi connectivity index (χ1) is 12.7. The van der Waals surface area contributed by atoms with E-state index in [1.807, 2.05) is 24.3 Å². The van der Waals surface area contributed by atoms with E-state index in [9.17, 15) is 4.55 Å². The molecule has 1 atom stereocenters. The maximum absolute atomic E-state index is 9.49. The summed E-state index contributed by atoms with van der Waals surface area (Å²) in [5.41, 5.74) is 2.89. The lowest BCUT2D eigenvalue weighted by Gasteiger charge is -2.32. The molecule has 4 nitrogen and oxygen atoms in total. The van der Waals surface area contributed by atoms with Gasteiger partial charge in [0.05, 0.1) is 20.9 Å². The zero-order valence-corrected chi connectivity index (χ0v) is 16.2. The van der Waals surface area contributed by atoms with E-state index in [-0.39, 0.29) is 5.25 Å². The minimum absolute atomic E-state index is 0.200. The Morgan fingerprint density at radius 2 is 2.00 bits per heavy atom. The number of benzene rings is 2. The normalized spacial score (nSPS) is 17.7. The largest absolute Gasteiger partial charge is 0.355 e. The summed E-state index contributed by atoms with van der Waals surface area (Å²) in [5, 5.41) is 2.25. The fourth-order valence-electron chi connectivity index (χ4n) is 3.45. The highest BCUT2D eigenvalue weighted by molar-refractivity contribution is 7.94. The fraction of sp³-hybridized carbons (Fsp3) is 0.263. The van der Waals surface area contributed by atoms with E-state index in [4.69, 9.17) is 23.2 Å². The molecular formula is C19H17Cl2N3OS. The Balaban J connectivity index is 1.88. The van der Waals surface area contributed by atoms with E-state index < -0.39 is 0 Å². The van der Waals surface area contributed by atoms with Crippen LogP contribution in [0.1, 0.15) is 12.8 Å². The number of fused-ring (bicyclic) bond motifs is 1. The van der Waals surface area contributed by atoms with Crippen LogP contribution in [0.4, 0.5) is 5.82 Å². The molecule has 0 amide bonds. The van der Waals surface area contributed by atoms with Crippen molar-refractivity contribution < 1.29 is 4.55 Å². The monoisotopic (exact) mass is 405 g/mol. The van der Waals surface area contributed by atoms with Crippen molar-refractivity contribution in [2.45, 2.75) is 18.1 Å². The van der Waals surface area contributed by atoms with Gasteiger partial charge in [0.1, 0.15) is 12.1 Å². The van der Waals surface area contributed by atoms with Gasteiger partial charge < -0.3 is 9.45 Å². The molecule has 1 unspecified atom stereocenters. The van der Waals surface area contributed by atoms with Crippen LogP contribution in [0.15, 0.2) is 42.7 Å². The summed E-state index contributed by atoms with van der Waals surface area (Å²) in [6.07, 6.45) is 3.64. The molecule has 1 aliphatic rings. The Morgan fingerprint density at radius 3 is 2.81 bits per heavy atom. The summed E-state index contributed by atoms with van der Waals surface area (Å²) >= 11 is 13.3. The smallest absolute Gasteiger partial charge is 0.140 e. The van der Waals surface area contributed by atoms with Crippen LogP contribution in [0.5, 0.6) is 0 Å². The molecular weight excluding hydrogens is 389 g/mol. The molecule has 2 aromatic carbocycles. The van der Waals surface area contributed by atoms with Crippen LogP contribution in [-0.4, -0.2) is 32.9 Å². The lowest BCUT2D eigenvalue weighted by molar-refractivity contribution is 0.560. The van der Waals surface area contributed by atoms with Gasteiger partial charge in [-0.25, -0.2) is 9.97 Å². The second kappa shape index (κ2) is 7.61. The van der Waals surface area contributed by atoms with Gasteiger partial charge >= 0.3 is 0 Å². The van der Waals surface area contributed by atoms with Crippen LogP contribution >= 0.6 is 35.2 Å². The molecule has 0 aliphatic carbocycles. The van der Waals surface area contributed by atoms with E-state index in [0.29, 0.717) is 10.0 Å². The zero-order chi connectivity index (χ0) is 18.1. The molecule has 0 spiro atoms. The quantitative estimate of drug-likeness (QED) is 0.559. The van der Waals surface area contributed by atoms with Crippen LogP contribution < -0.4 is 4.90 Å². The van der Waals surface area contributed by atoms with Crippen LogP contribution in [0.25, 0.3) is 22.0 Å². The first kappa shape index (κ1) is 17.9. The number of aromatic nitrogens is 2. The number of rotatable bonds is 3. The topological polar surface area (TPSA) is 49.2 Å². The third-order valence-electron chi connectivity index (χ3n) is 4.70. The van der Waals surface area contributed by atoms with Crippen molar-refractivity contribution in [2.75, 3.05) is 18.0 Å². The number of anilines is 1. The van der Waals surface area contributed by atoms with E-state index in [1.54, 1.807) is 12.4 Å². The van der Waals surface area contributed by atoms with Crippen molar-refractivity contribution in [2.24, 2.45) is 0 Å². The van der Waals surface area contributed by atoms with Crippen molar-refractivity contribution in [1.82, 2.24) is 9.97 Å². The Kier molecular flexibility index (Phi) is 5.23. The van der Waals surface area contributed by atoms with Gasteiger partial charge in [-0.05, 0) is 54.2 Å². The Labute approximate surface area is 166 Å². The summed E-state index contributed by atoms with van der Waals surface area (Å²) < 4.78 is 9.49. The summed E-state index contributed by atoms with van der Waals surface area (Å²) in [4.78, 5) is 11.3. The lowest BCUT2D eigenvalue weighted by Crippen LogP contribution is -2.37. The first-order valence-electron chi connectivity index (χ1n) is 8.41. The van der Waals surface area contributed by atoms with Gasteiger partial charge in [0.25, 0.3) is 0 Å². The minimum atomic E-state index is 0.200. The number of hydrogen-bond donors (Lipinski definition) is 1. The molecule has 1 aromatic heterocycles. The third kappa shape index (κ3) is 3.37. The van der Waals surface area contributed by atoms with Gasteiger partial charge in [0.2, 0.25) is 0 Å². The molecule has 1 aliphatic heterocycles. The molecule has 0 radical (unpaired) electrons. The average Bonchev–Trinajstić information content (AvgIpc) is 2.69. The predicted octanol–water partition coefficient (Wildman–Crippen LogP) is 5.78. The highest BCUT2D eigenvalue weighted by Gasteiger charge is 2.24. The number of nitrogens with zero attached hydrogens (tertiary/aromatic N) is 3. The van der Waals surface area contributed by atoms with Gasteiger partial charge in [0, 0.05) is 18.3 Å². The van der Waals surface area contributed by atoms with E-state index in [2.05, 4.69) is 20.9 Å². The highest BCUT2D eigenvalue weighted by atomic mass is 35.5. The summed E-state index contributed by atoms with van der Waals surface area (Å²) in [7, 11) is 0. The second-order valence-corrected chi connectivity index (χ2v) is 8.03. The van der Waals surface area contributed by atoms with Crippen molar-refractivity contribution in [3.8, 4) is 11.1 Å². The molecule has 1 saturated heterocycles. The molecule has 3 aromatic rings. The van der Waals surface area contributed by atoms with Crippen molar-refractivity contribution in [3.05, 3.63) is 52.8 Å². The maximum Gasteiger partial charge on any atom is 0.140 e. The minimum Gasteiger partial charge on any atom is -0.355 e. The van der Waals surface area contributed by atoms with Gasteiger partial charge in [-0.15, -0.1) is 0 Å². The SMILES string of the molecule is OSC1CCCN(c2ncnc3cccc(-c4ccc(Cl)c(Cl)c4)c23)C1. The molecule has 1 fully saturated rings. The number of piperidine rings is 1. The van der Waals surface area contributed by atoms with Gasteiger partial charge in [-0.2, -0.15) is 0 Å². The average molecular weight is 406 g/mol. The van der Waals surface area contributed by atoms with Crippen molar-refractivity contribution >= 4 is 52.0 Å². The van der Waals surface area contributed by atoms with E-state index >= 15 is 0 Å². The summed E-state index contributed by atoms with van der Waals surface area (Å²) in [6, 6.07) is 11.7. The number of halogens is 2. The molecule has 0 saturated carbocycles. The third-order valence-corrected chi connectivity index (χ3v) is 6.12. The molecule has 1 N–H and O–H groups in total. The second-order valence-electron chi connectivity index (χ2n) is 6.34. The molecule has 134 valence electrons. The standard InChI is InChI=1S/C19H17Cl2N3OS/c20-15-7-6-12(9-16(15)21)14-4-1-5-17-18(14)19(23-11-22-17)24-8-2-3-13(10-24)26-25/h1,4-7,9,11,13,25H,2-3,8,10H2. The Hall–Kier alpha value is -1.53. The zero-order valence-electron chi connectivity index (χ0n) is 13.9. The number of hydrogen-bond acceptors (Lipinski definition) is 5. The molecule has 2 heterocycles. The fourth-order valence-corrected chi connectivity index (χ4v) is 4.27. The van der Waals surface area contributed by atoms with Crippen LogP contribution in [0.2, 0.25) is 10.0 Å². The lowest BCUT2D eigenvalue weighted by atomic mass is 10.00. The first-order valence-corrected chi connectivity index (χ1v) is 10.0. The molecule has 7 heteroatoms. The van der Waals surface area contributed by atoms with Crippen LogP contribution in [0, 0.1) is 0 Å². The predicted molar refractivity (Wildman–Crippen MR) is 110 cm³/mol. The summed E-state index contributed by atoms with van der Waals surface area (Å²) in [5.74, 6) is 0.899. The Bertz CT molecular complexity index is 948. The van der Waals surface area contributed by atoms with Crippen LogP contribution in [-0.2, 0) is 0 Å². The maximum atomic E-state index is 9.49. The van der Waals surface area contributed by atoms with Crippen molar-refractivity contribution in [1.29, 1.82) is 0 Å². The molecule has 4 rings (SSSR count).